The normalized spacial score (nSPS) is 10.8. The van der Waals surface area contributed by atoms with Crippen LogP contribution in [0, 0.1) is 0 Å². The van der Waals surface area contributed by atoms with Gasteiger partial charge in [-0.2, -0.15) is 0 Å². The monoisotopic (exact) mass is 933 g/mol. The van der Waals surface area contributed by atoms with Crippen molar-refractivity contribution in [2.75, 3.05) is 19.8 Å². The molecule has 0 unspecified atom stereocenters. The summed E-state index contributed by atoms with van der Waals surface area (Å²) in [7, 11) is 0. The summed E-state index contributed by atoms with van der Waals surface area (Å²) in [6.07, 6.45) is 1.54. The highest BCUT2D eigenvalue weighted by Crippen LogP contribution is 2.42. The van der Waals surface area contributed by atoms with E-state index in [-0.39, 0.29) is 109 Å². The van der Waals surface area contributed by atoms with E-state index in [4.69, 9.17) is 43.4 Å². The first-order valence-corrected chi connectivity index (χ1v) is 22.5. The van der Waals surface area contributed by atoms with E-state index >= 15 is 0 Å². The Morgan fingerprint density at radius 1 is 0.391 bits per heavy atom. The molecule has 6 aromatic carbocycles. The minimum Gasteiger partial charge on any atom is -0.504 e. The number of rotatable bonds is 21. The molecular formula is C54H51N3O12. The van der Waals surface area contributed by atoms with Crippen molar-refractivity contribution in [2.45, 2.75) is 59.3 Å². The third kappa shape index (κ3) is 12.9. The molecule has 1 heterocycles. The number of carbonyl (C=O) groups is 3. The molecule has 0 fully saturated rings. The Bertz CT molecular complexity index is 2610. The van der Waals surface area contributed by atoms with Crippen molar-refractivity contribution in [1.82, 2.24) is 15.0 Å². The summed E-state index contributed by atoms with van der Waals surface area (Å²) < 4.78 is 34.2. The fourth-order valence-electron chi connectivity index (χ4n) is 7.17. The Balaban J connectivity index is 1.27. The van der Waals surface area contributed by atoms with Crippen molar-refractivity contribution in [3.8, 4) is 85.9 Å². The Hall–Kier alpha value is -8.46. The molecule has 0 atom stereocenters. The van der Waals surface area contributed by atoms with Crippen molar-refractivity contribution in [2.24, 2.45) is 0 Å². The van der Waals surface area contributed by atoms with Crippen LogP contribution in [-0.4, -0.2) is 68.0 Å². The van der Waals surface area contributed by atoms with Crippen molar-refractivity contribution < 1.29 is 58.1 Å². The molecule has 0 saturated heterocycles. The number of hydrogen-bond acceptors (Lipinski definition) is 15. The molecule has 0 radical (unpaired) electrons. The lowest BCUT2D eigenvalue weighted by Crippen LogP contribution is -2.05. The van der Waals surface area contributed by atoms with E-state index in [9.17, 15) is 29.7 Å². The number of para-hydroxylation sites is 3. The average molecular weight is 934 g/mol. The van der Waals surface area contributed by atoms with Gasteiger partial charge in [0.15, 0.2) is 52.0 Å². The number of ether oxygens (including phenoxy) is 6. The van der Waals surface area contributed by atoms with E-state index in [1.807, 2.05) is 0 Å². The van der Waals surface area contributed by atoms with E-state index in [1.165, 1.54) is 18.2 Å². The molecule has 1 aromatic heterocycles. The van der Waals surface area contributed by atoms with Crippen LogP contribution in [-0.2, 0) is 47.9 Å². The van der Waals surface area contributed by atoms with Gasteiger partial charge in [-0.25, -0.2) is 15.0 Å². The van der Waals surface area contributed by atoms with Crippen LogP contribution in [0.25, 0.3) is 34.2 Å². The summed E-state index contributed by atoms with van der Waals surface area (Å²) in [6, 6.07) is 35.8. The fraction of sp³-hybridized carbons (Fsp3) is 0.222. The number of phenolic OH excluding ortho intramolecular Hbond substituents is 3. The van der Waals surface area contributed by atoms with Gasteiger partial charge in [-0.1, -0.05) is 54.6 Å². The van der Waals surface area contributed by atoms with E-state index in [0.29, 0.717) is 69.9 Å². The minimum absolute atomic E-state index is 0.146. The van der Waals surface area contributed by atoms with Crippen LogP contribution in [0.3, 0.4) is 0 Å². The summed E-state index contributed by atoms with van der Waals surface area (Å²) in [5.74, 6) is 0.390. The molecule has 3 N–H and O–H groups in total. The van der Waals surface area contributed by atoms with Crippen LogP contribution in [0.1, 0.15) is 56.7 Å². The molecule has 7 rings (SSSR count). The lowest BCUT2D eigenvalue weighted by Gasteiger charge is -2.16. The first-order chi connectivity index (χ1) is 33.5. The zero-order valence-corrected chi connectivity index (χ0v) is 38.3. The van der Waals surface area contributed by atoms with Crippen molar-refractivity contribution in [3.05, 3.63) is 144 Å². The molecule has 0 amide bonds. The van der Waals surface area contributed by atoms with Crippen molar-refractivity contribution >= 4 is 17.9 Å². The molecule has 0 spiro atoms. The van der Waals surface area contributed by atoms with Crippen LogP contribution in [0.2, 0.25) is 0 Å². The molecule has 354 valence electrons. The van der Waals surface area contributed by atoms with Crippen molar-refractivity contribution in [1.29, 1.82) is 0 Å². The first kappa shape index (κ1) is 48.5. The highest BCUT2D eigenvalue weighted by atomic mass is 16.5. The van der Waals surface area contributed by atoms with Crippen molar-refractivity contribution in [3.63, 3.8) is 0 Å². The molecule has 0 aliphatic rings. The first-order valence-electron chi connectivity index (χ1n) is 22.5. The maximum atomic E-state index is 12.0. The van der Waals surface area contributed by atoms with Gasteiger partial charge in [-0.05, 0) is 130 Å². The molecule has 0 aliphatic heterocycles. The second-order valence-electron chi connectivity index (χ2n) is 15.4. The second kappa shape index (κ2) is 23.3. The molecule has 0 bridgehead atoms. The molecule has 7 aromatic rings. The summed E-state index contributed by atoms with van der Waals surface area (Å²) in [4.78, 5) is 50.8. The standard InChI is InChI=1S/C54H51N3O12/c1-4-64-49(61)28-22-34-19-25-46(40(58)31-34)67-43-16-10-7-13-37(43)52-55-53(38-14-8-11-17-44(38)68-47-26-20-35(32-41(47)59)23-29-50(62)65-5-2)57-54(56-52)39-15-9-12-18-45(39)69-48-27-21-36(33-42(48)60)24-30-51(63)66-6-3/h7-21,25-27,31-33,58-60H,4-6,22-24,28-30H2,1-3H3. The van der Waals surface area contributed by atoms with Gasteiger partial charge in [0, 0.05) is 19.3 Å². The summed E-state index contributed by atoms with van der Waals surface area (Å²) >= 11 is 0. The van der Waals surface area contributed by atoms with Crippen LogP contribution in [0.5, 0.6) is 51.7 Å². The lowest BCUT2D eigenvalue weighted by atomic mass is 10.1. The van der Waals surface area contributed by atoms with Gasteiger partial charge >= 0.3 is 17.9 Å². The molecule has 69 heavy (non-hydrogen) atoms. The maximum absolute atomic E-state index is 12.0. The maximum Gasteiger partial charge on any atom is 0.306 e. The number of aryl methyl sites for hydroxylation is 3. The van der Waals surface area contributed by atoms with E-state index in [1.54, 1.807) is 130 Å². The summed E-state index contributed by atoms with van der Waals surface area (Å²) in [6.45, 7) is 6.07. The number of phenols is 3. The molecule has 15 heteroatoms. The second-order valence-corrected chi connectivity index (χ2v) is 15.4. The lowest BCUT2D eigenvalue weighted by molar-refractivity contribution is -0.144. The van der Waals surface area contributed by atoms with E-state index in [0.717, 1.165) is 0 Å². The Morgan fingerprint density at radius 3 is 0.928 bits per heavy atom. The fourth-order valence-corrected chi connectivity index (χ4v) is 7.17. The van der Waals surface area contributed by atoms with Gasteiger partial charge in [0.25, 0.3) is 0 Å². The SMILES string of the molecule is CCOC(=O)CCc1ccc(Oc2ccccc2-c2nc(-c3ccccc3Oc3ccc(CCC(=O)OCC)cc3O)nc(-c3ccccc3Oc3ccc(CCC(=O)OCC)cc3O)n2)c(O)c1. The van der Waals surface area contributed by atoms with Gasteiger partial charge in [-0.3, -0.25) is 14.4 Å². The number of aromatic nitrogens is 3. The van der Waals surface area contributed by atoms with Crippen LogP contribution in [0.4, 0.5) is 0 Å². The van der Waals surface area contributed by atoms with Crippen LogP contribution < -0.4 is 14.2 Å². The number of hydrogen-bond donors (Lipinski definition) is 3. The third-order valence-corrected chi connectivity index (χ3v) is 10.5. The Kier molecular flexibility index (Phi) is 16.4. The number of nitrogens with zero attached hydrogens (tertiary/aromatic N) is 3. The average Bonchev–Trinajstić information content (AvgIpc) is 3.35. The number of esters is 3. The predicted octanol–water partition coefficient (Wildman–Crippen LogP) is 10.9. The molecule has 0 aliphatic carbocycles. The molecular weight excluding hydrogens is 883 g/mol. The largest absolute Gasteiger partial charge is 0.504 e. The zero-order valence-electron chi connectivity index (χ0n) is 38.3. The van der Waals surface area contributed by atoms with Crippen LogP contribution in [0.15, 0.2) is 127 Å². The topological polar surface area (TPSA) is 206 Å². The highest BCUT2D eigenvalue weighted by molar-refractivity contribution is 5.75. The highest BCUT2D eigenvalue weighted by Gasteiger charge is 2.22. The summed E-state index contributed by atoms with van der Waals surface area (Å²) in [5, 5.41) is 33.3. The molecule has 15 nitrogen and oxygen atoms in total. The number of carbonyl (C=O) groups excluding carboxylic acids is 3. The quantitative estimate of drug-likeness (QED) is 0.0453. The molecule has 0 saturated carbocycles. The van der Waals surface area contributed by atoms with Gasteiger partial charge in [0.2, 0.25) is 0 Å². The van der Waals surface area contributed by atoms with Gasteiger partial charge in [0.05, 0.1) is 36.5 Å². The van der Waals surface area contributed by atoms with Gasteiger partial charge in [0.1, 0.15) is 17.2 Å². The van der Waals surface area contributed by atoms with E-state index < -0.39 is 0 Å². The smallest absolute Gasteiger partial charge is 0.306 e. The number of benzene rings is 6. The zero-order chi connectivity index (χ0) is 48.7. The van der Waals surface area contributed by atoms with Gasteiger partial charge < -0.3 is 43.7 Å². The predicted molar refractivity (Wildman–Crippen MR) is 256 cm³/mol. The minimum atomic E-state index is -0.335. The Labute approximate surface area is 398 Å². The van der Waals surface area contributed by atoms with E-state index in [2.05, 4.69) is 0 Å². The van der Waals surface area contributed by atoms with Crippen LogP contribution >= 0.6 is 0 Å². The van der Waals surface area contributed by atoms with Gasteiger partial charge in [-0.15, -0.1) is 0 Å². The number of aromatic hydroxyl groups is 3. The third-order valence-electron chi connectivity index (χ3n) is 10.5. The Morgan fingerprint density at radius 2 is 0.667 bits per heavy atom. The summed E-state index contributed by atoms with van der Waals surface area (Å²) in [5.41, 5.74) is 3.43.